The van der Waals surface area contributed by atoms with E-state index in [1.54, 1.807) is 22.0 Å². The summed E-state index contributed by atoms with van der Waals surface area (Å²) in [6, 6.07) is -0.108. The summed E-state index contributed by atoms with van der Waals surface area (Å²) in [6.45, 7) is 2.51. The van der Waals surface area contributed by atoms with Gasteiger partial charge in [0.2, 0.25) is 0 Å². The van der Waals surface area contributed by atoms with Crippen LogP contribution in [0.15, 0.2) is 12.4 Å². The third-order valence-corrected chi connectivity index (χ3v) is 3.58. The molecule has 1 fully saturated rings. The summed E-state index contributed by atoms with van der Waals surface area (Å²) in [5.74, 6) is -0.729. The van der Waals surface area contributed by atoms with E-state index in [1.807, 2.05) is 0 Å². The minimum Gasteiger partial charge on any atom is -0.481 e. The van der Waals surface area contributed by atoms with Gasteiger partial charge in [-0.2, -0.15) is 0 Å². The van der Waals surface area contributed by atoms with Crippen molar-refractivity contribution in [1.82, 2.24) is 25.2 Å². The van der Waals surface area contributed by atoms with Crippen molar-refractivity contribution in [2.24, 2.45) is 5.92 Å². The Labute approximate surface area is 123 Å². The van der Waals surface area contributed by atoms with Gasteiger partial charge >= 0.3 is 12.0 Å². The highest BCUT2D eigenvalue weighted by Crippen LogP contribution is 2.19. The number of carbonyl (C=O) groups is 2. The number of carboxylic acid groups (broad SMARTS) is 1. The molecule has 1 saturated heterocycles. The zero-order valence-electron chi connectivity index (χ0n) is 11.9. The van der Waals surface area contributed by atoms with E-state index in [-0.39, 0.29) is 18.4 Å². The maximum Gasteiger partial charge on any atom is 0.317 e. The molecule has 8 heteroatoms. The Morgan fingerprint density at radius 3 is 3.00 bits per heavy atom. The zero-order chi connectivity index (χ0) is 15.1. The van der Waals surface area contributed by atoms with Crippen LogP contribution < -0.4 is 5.32 Å². The summed E-state index contributed by atoms with van der Waals surface area (Å²) >= 11 is 0. The molecule has 8 nitrogen and oxygen atoms in total. The summed E-state index contributed by atoms with van der Waals surface area (Å²) in [4.78, 5) is 24.5. The number of urea groups is 1. The Kier molecular flexibility index (Phi) is 5.53. The number of aliphatic carboxylic acids is 1. The summed E-state index contributed by atoms with van der Waals surface area (Å²) in [5.41, 5.74) is 0. The van der Waals surface area contributed by atoms with E-state index in [0.29, 0.717) is 26.2 Å². The molecule has 0 saturated carbocycles. The molecule has 2 heterocycles. The third kappa shape index (κ3) is 5.05. The lowest BCUT2D eigenvalue weighted by atomic mass is 9.95. The lowest BCUT2D eigenvalue weighted by Crippen LogP contribution is -2.46. The number of hydrogen-bond donors (Lipinski definition) is 2. The molecule has 2 N–H and O–H groups in total. The fraction of sp³-hybridized carbons (Fsp3) is 0.692. The topological polar surface area (TPSA) is 100 Å². The predicted octanol–water partition coefficient (Wildman–Crippen LogP) is 0.564. The number of likely N-dealkylation sites (tertiary alicyclic amines) is 1. The van der Waals surface area contributed by atoms with Gasteiger partial charge in [0.1, 0.15) is 0 Å². The first kappa shape index (κ1) is 15.3. The van der Waals surface area contributed by atoms with Crippen molar-refractivity contribution in [1.29, 1.82) is 0 Å². The van der Waals surface area contributed by atoms with Gasteiger partial charge in [0, 0.05) is 38.8 Å². The Balaban J connectivity index is 1.66. The van der Waals surface area contributed by atoms with Crippen LogP contribution in [0.4, 0.5) is 4.79 Å². The molecule has 0 radical (unpaired) electrons. The van der Waals surface area contributed by atoms with Gasteiger partial charge in [-0.15, -0.1) is 5.10 Å². The first-order chi connectivity index (χ1) is 10.1. The Hall–Kier alpha value is -2.12. The van der Waals surface area contributed by atoms with Crippen LogP contribution >= 0.6 is 0 Å². The van der Waals surface area contributed by atoms with E-state index in [2.05, 4.69) is 15.6 Å². The molecule has 0 bridgehead atoms. The van der Waals surface area contributed by atoms with Crippen molar-refractivity contribution >= 4 is 12.0 Å². The van der Waals surface area contributed by atoms with Gasteiger partial charge in [-0.25, -0.2) is 4.79 Å². The van der Waals surface area contributed by atoms with Crippen molar-refractivity contribution in [2.75, 3.05) is 19.6 Å². The number of rotatable bonds is 6. The van der Waals surface area contributed by atoms with Crippen LogP contribution in [0, 0.1) is 5.92 Å². The summed E-state index contributed by atoms with van der Waals surface area (Å²) in [7, 11) is 0. The minimum absolute atomic E-state index is 0.0668. The highest BCUT2D eigenvalue weighted by atomic mass is 16.4. The average molecular weight is 295 g/mol. The molecule has 2 rings (SSSR count). The van der Waals surface area contributed by atoms with Crippen molar-refractivity contribution < 1.29 is 14.7 Å². The van der Waals surface area contributed by atoms with Crippen LogP contribution in [0.2, 0.25) is 0 Å². The van der Waals surface area contributed by atoms with Crippen LogP contribution in [-0.4, -0.2) is 56.6 Å². The highest BCUT2D eigenvalue weighted by molar-refractivity contribution is 5.74. The molecule has 1 aliphatic rings. The molecule has 1 aromatic heterocycles. The fourth-order valence-corrected chi connectivity index (χ4v) is 2.56. The largest absolute Gasteiger partial charge is 0.481 e. The van der Waals surface area contributed by atoms with Crippen molar-refractivity contribution in [2.45, 2.75) is 32.2 Å². The molecule has 1 atom stereocenters. The molecule has 21 heavy (non-hydrogen) atoms. The van der Waals surface area contributed by atoms with E-state index < -0.39 is 5.97 Å². The van der Waals surface area contributed by atoms with E-state index in [1.165, 1.54) is 0 Å². The standard InChI is InChI=1S/C13H21N5O3/c19-12(20)9-11-3-1-6-17(10-11)13(21)14-4-2-7-18-8-5-15-16-18/h5,8,11H,1-4,6-7,9-10H2,(H,14,21)(H,19,20). The normalized spacial score (nSPS) is 18.5. The Morgan fingerprint density at radius 2 is 2.29 bits per heavy atom. The van der Waals surface area contributed by atoms with Crippen LogP contribution in [0.1, 0.15) is 25.7 Å². The molecule has 0 aromatic carbocycles. The smallest absolute Gasteiger partial charge is 0.317 e. The van der Waals surface area contributed by atoms with Gasteiger partial charge in [-0.1, -0.05) is 5.21 Å². The molecule has 0 spiro atoms. The van der Waals surface area contributed by atoms with E-state index in [0.717, 1.165) is 19.3 Å². The molecule has 1 aliphatic heterocycles. The summed E-state index contributed by atoms with van der Waals surface area (Å²) < 4.78 is 1.72. The SMILES string of the molecule is O=C(O)CC1CCCN(C(=O)NCCCn2ccnn2)C1. The number of aromatic nitrogens is 3. The number of hydrogen-bond acceptors (Lipinski definition) is 4. The van der Waals surface area contributed by atoms with Crippen LogP contribution in [0.5, 0.6) is 0 Å². The van der Waals surface area contributed by atoms with Gasteiger partial charge in [0.25, 0.3) is 0 Å². The average Bonchev–Trinajstić information content (AvgIpc) is 2.96. The van der Waals surface area contributed by atoms with E-state index in [9.17, 15) is 9.59 Å². The summed E-state index contributed by atoms with van der Waals surface area (Å²) in [5, 5.41) is 19.2. The lowest BCUT2D eigenvalue weighted by molar-refractivity contribution is -0.138. The summed E-state index contributed by atoms with van der Waals surface area (Å²) in [6.07, 6.45) is 6.06. The van der Waals surface area contributed by atoms with Crippen molar-refractivity contribution in [3.8, 4) is 0 Å². The predicted molar refractivity (Wildman–Crippen MR) is 74.6 cm³/mol. The number of piperidine rings is 1. The van der Waals surface area contributed by atoms with Gasteiger partial charge in [0.05, 0.1) is 6.20 Å². The molecule has 0 aliphatic carbocycles. The molecular formula is C13H21N5O3. The van der Waals surface area contributed by atoms with Crippen LogP contribution in [-0.2, 0) is 11.3 Å². The quantitative estimate of drug-likeness (QED) is 0.747. The van der Waals surface area contributed by atoms with Gasteiger partial charge in [0.15, 0.2) is 0 Å². The second-order valence-electron chi connectivity index (χ2n) is 5.30. The van der Waals surface area contributed by atoms with Crippen LogP contribution in [0.3, 0.4) is 0 Å². The van der Waals surface area contributed by atoms with Crippen molar-refractivity contribution in [3.63, 3.8) is 0 Å². The monoisotopic (exact) mass is 295 g/mol. The maximum atomic E-state index is 12.0. The molecule has 1 aromatic rings. The lowest BCUT2D eigenvalue weighted by Gasteiger charge is -2.32. The first-order valence-electron chi connectivity index (χ1n) is 7.24. The van der Waals surface area contributed by atoms with Crippen molar-refractivity contribution in [3.05, 3.63) is 12.4 Å². The third-order valence-electron chi connectivity index (χ3n) is 3.58. The number of carbonyl (C=O) groups excluding carboxylic acids is 1. The fourth-order valence-electron chi connectivity index (χ4n) is 2.56. The van der Waals surface area contributed by atoms with Gasteiger partial charge < -0.3 is 15.3 Å². The zero-order valence-corrected chi connectivity index (χ0v) is 11.9. The molecule has 1 unspecified atom stereocenters. The Bertz CT molecular complexity index is 462. The molecule has 116 valence electrons. The first-order valence-corrected chi connectivity index (χ1v) is 7.24. The number of nitrogens with zero attached hydrogens (tertiary/aromatic N) is 4. The Morgan fingerprint density at radius 1 is 1.43 bits per heavy atom. The number of nitrogens with one attached hydrogen (secondary N) is 1. The second-order valence-corrected chi connectivity index (χ2v) is 5.30. The minimum atomic E-state index is -0.796. The number of amides is 2. The highest BCUT2D eigenvalue weighted by Gasteiger charge is 2.24. The van der Waals surface area contributed by atoms with Gasteiger partial charge in [-0.05, 0) is 25.2 Å². The van der Waals surface area contributed by atoms with Gasteiger partial charge in [-0.3, -0.25) is 9.48 Å². The maximum absolute atomic E-state index is 12.0. The number of aryl methyl sites for hydroxylation is 1. The van der Waals surface area contributed by atoms with Crippen LogP contribution in [0.25, 0.3) is 0 Å². The molecular weight excluding hydrogens is 274 g/mol. The van der Waals surface area contributed by atoms with E-state index >= 15 is 0 Å². The van der Waals surface area contributed by atoms with E-state index in [4.69, 9.17) is 5.11 Å². The second kappa shape index (κ2) is 7.61. The number of carboxylic acids is 1. The molecule has 2 amide bonds.